The Labute approximate surface area is 63.3 Å². The topological polar surface area (TPSA) is 54.5 Å². The molecule has 2 rings (SSSR count). The van der Waals surface area contributed by atoms with Crippen molar-refractivity contribution in [2.45, 2.75) is 0 Å². The fraction of sp³-hybridized carbons (Fsp3) is 0. The van der Waals surface area contributed by atoms with Gasteiger partial charge >= 0.3 is 0 Å². The molecule has 0 unspecified atom stereocenters. The highest BCUT2D eigenvalue weighted by Gasteiger charge is 1.97. The van der Waals surface area contributed by atoms with Gasteiger partial charge in [0.1, 0.15) is 5.69 Å². The summed E-state index contributed by atoms with van der Waals surface area (Å²) in [4.78, 5) is 7.58. The molecule has 1 N–H and O–H groups in total. The second kappa shape index (κ2) is 2.49. The first-order chi connectivity index (χ1) is 5.47. The van der Waals surface area contributed by atoms with Crippen LogP contribution in [0.5, 0.6) is 0 Å². The van der Waals surface area contributed by atoms with Gasteiger partial charge in [-0.25, -0.2) is 9.97 Å². The third-order valence-corrected chi connectivity index (χ3v) is 1.30. The monoisotopic (exact) mass is 145 g/mol. The first-order valence-electron chi connectivity index (χ1n) is 3.16. The van der Waals surface area contributed by atoms with E-state index in [2.05, 4.69) is 26.5 Å². The van der Waals surface area contributed by atoms with E-state index in [4.69, 9.17) is 0 Å². The molecule has 0 saturated heterocycles. The van der Waals surface area contributed by atoms with Crippen LogP contribution in [0.25, 0.3) is 11.4 Å². The maximum atomic E-state index is 3.95. The molecule has 0 aliphatic rings. The summed E-state index contributed by atoms with van der Waals surface area (Å²) in [7, 11) is 0. The maximum Gasteiger partial charge on any atom is 0.198 e. The van der Waals surface area contributed by atoms with E-state index >= 15 is 0 Å². The number of rotatable bonds is 1. The van der Waals surface area contributed by atoms with Gasteiger partial charge in [-0.1, -0.05) is 0 Å². The van der Waals surface area contributed by atoms with Gasteiger partial charge in [0.2, 0.25) is 0 Å². The van der Waals surface area contributed by atoms with E-state index in [1.54, 1.807) is 18.5 Å². The van der Waals surface area contributed by atoms with E-state index in [0.717, 1.165) is 11.4 Å². The lowest BCUT2D eigenvalue weighted by atomic mass is 10.3. The highest BCUT2D eigenvalue weighted by atomic mass is 15.1. The third kappa shape index (κ3) is 1.10. The molecule has 11 heavy (non-hydrogen) atoms. The number of aromatic amines is 1. The van der Waals surface area contributed by atoms with Crippen LogP contribution in [0, 0.1) is 6.33 Å². The van der Waals surface area contributed by atoms with Crippen molar-refractivity contribution in [3.8, 4) is 11.4 Å². The molecule has 2 aromatic heterocycles. The second-order valence-electron chi connectivity index (χ2n) is 2.00. The Morgan fingerprint density at radius 1 is 1.27 bits per heavy atom. The average molecular weight is 145 g/mol. The van der Waals surface area contributed by atoms with Crippen molar-refractivity contribution < 1.29 is 0 Å². The molecule has 4 nitrogen and oxygen atoms in total. The summed E-state index contributed by atoms with van der Waals surface area (Å²) in [5.41, 5.74) is 1.59. The van der Waals surface area contributed by atoms with Crippen molar-refractivity contribution in [2.75, 3.05) is 0 Å². The summed E-state index contributed by atoms with van der Waals surface area (Å²) in [5.74, 6) is 0. The average Bonchev–Trinajstić information content (AvgIpc) is 2.58. The summed E-state index contributed by atoms with van der Waals surface area (Å²) in [5, 5.41) is 6.66. The zero-order valence-corrected chi connectivity index (χ0v) is 5.65. The lowest BCUT2D eigenvalue weighted by Crippen LogP contribution is -1.83. The highest BCUT2D eigenvalue weighted by molar-refractivity contribution is 5.51. The standard InChI is InChI=1S/C7H5N4/c1-3-8-5-9-6(1)7-2-4-10-11-7/h1-4H,(H,10,11). The second-order valence-corrected chi connectivity index (χ2v) is 2.00. The van der Waals surface area contributed by atoms with Gasteiger partial charge in [0.15, 0.2) is 6.33 Å². The van der Waals surface area contributed by atoms with Gasteiger partial charge in [-0.3, -0.25) is 5.10 Å². The summed E-state index contributed by atoms with van der Waals surface area (Å²) < 4.78 is 0. The van der Waals surface area contributed by atoms with Gasteiger partial charge in [0.05, 0.1) is 5.69 Å². The van der Waals surface area contributed by atoms with Crippen LogP contribution in [0.3, 0.4) is 0 Å². The quantitative estimate of drug-likeness (QED) is 0.641. The van der Waals surface area contributed by atoms with Crippen molar-refractivity contribution in [1.82, 2.24) is 20.2 Å². The van der Waals surface area contributed by atoms with Crippen molar-refractivity contribution in [1.29, 1.82) is 0 Å². The van der Waals surface area contributed by atoms with Crippen LogP contribution in [0.15, 0.2) is 24.5 Å². The van der Waals surface area contributed by atoms with E-state index in [-0.39, 0.29) is 0 Å². The van der Waals surface area contributed by atoms with Crippen LogP contribution in [-0.4, -0.2) is 20.2 Å². The fourth-order valence-corrected chi connectivity index (χ4v) is 0.807. The number of nitrogens with zero attached hydrogens (tertiary/aromatic N) is 3. The Bertz CT molecular complexity index is 313. The number of hydrogen-bond donors (Lipinski definition) is 1. The molecule has 0 amide bonds. The van der Waals surface area contributed by atoms with Gasteiger partial charge in [0, 0.05) is 12.4 Å². The molecule has 2 heterocycles. The normalized spacial score (nSPS) is 9.82. The minimum atomic E-state index is 0.779. The molecule has 0 aliphatic carbocycles. The van der Waals surface area contributed by atoms with Crippen molar-refractivity contribution >= 4 is 0 Å². The number of aromatic nitrogens is 4. The van der Waals surface area contributed by atoms with Crippen LogP contribution in [-0.2, 0) is 0 Å². The first-order valence-corrected chi connectivity index (χ1v) is 3.16. The van der Waals surface area contributed by atoms with Gasteiger partial charge < -0.3 is 0 Å². The first kappa shape index (κ1) is 6.03. The number of nitrogens with one attached hydrogen (secondary N) is 1. The summed E-state index contributed by atoms with van der Waals surface area (Å²) >= 11 is 0. The van der Waals surface area contributed by atoms with Crippen LogP contribution in [0.4, 0.5) is 0 Å². The summed E-state index contributed by atoms with van der Waals surface area (Å²) in [6.45, 7) is 0. The predicted molar refractivity (Wildman–Crippen MR) is 38.4 cm³/mol. The Balaban J connectivity index is 2.46. The largest absolute Gasteiger partial charge is 0.285 e. The summed E-state index contributed by atoms with van der Waals surface area (Å²) in [6.07, 6.45) is 5.88. The molecule has 0 aliphatic heterocycles. The smallest absolute Gasteiger partial charge is 0.198 e. The third-order valence-electron chi connectivity index (χ3n) is 1.30. The van der Waals surface area contributed by atoms with Gasteiger partial charge in [-0.05, 0) is 12.1 Å². The molecular formula is C7H5N4. The van der Waals surface area contributed by atoms with Gasteiger partial charge in [0.25, 0.3) is 0 Å². The molecule has 4 heteroatoms. The fourth-order valence-electron chi connectivity index (χ4n) is 0.807. The van der Waals surface area contributed by atoms with Gasteiger partial charge in [-0.2, -0.15) is 5.10 Å². The lowest BCUT2D eigenvalue weighted by Gasteiger charge is -1.89. The van der Waals surface area contributed by atoms with E-state index in [0.29, 0.717) is 0 Å². The molecule has 2 aromatic rings. The van der Waals surface area contributed by atoms with Crippen molar-refractivity contribution in [2.24, 2.45) is 0 Å². The van der Waals surface area contributed by atoms with E-state index < -0.39 is 0 Å². The minimum absolute atomic E-state index is 0.779. The SMILES string of the molecule is [c]1nccc(-c2cc[nH]n2)n1. The van der Waals surface area contributed by atoms with E-state index in [1.807, 2.05) is 6.07 Å². The number of hydrogen-bond acceptors (Lipinski definition) is 3. The molecule has 0 bridgehead atoms. The summed E-state index contributed by atoms with van der Waals surface area (Å²) in [6, 6.07) is 3.63. The van der Waals surface area contributed by atoms with Crippen LogP contribution in [0.2, 0.25) is 0 Å². The molecule has 0 aromatic carbocycles. The Morgan fingerprint density at radius 3 is 2.91 bits per heavy atom. The van der Waals surface area contributed by atoms with Crippen molar-refractivity contribution in [3.63, 3.8) is 0 Å². The highest BCUT2D eigenvalue weighted by Crippen LogP contribution is 2.09. The van der Waals surface area contributed by atoms with Crippen LogP contribution in [0.1, 0.15) is 0 Å². The van der Waals surface area contributed by atoms with Crippen LogP contribution >= 0.6 is 0 Å². The Morgan fingerprint density at radius 2 is 2.27 bits per heavy atom. The zero-order chi connectivity index (χ0) is 7.52. The number of H-pyrrole nitrogens is 1. The Hall–Kier alpha value is -1.71. The Kier molecular flexibility index (Phi) is 1.37. The molecule has 0 atom stereocenters. The molecule has 0 saturated carbocycles. The molecule has 53 valence electrons. The zero-order valence-electron chi connectivity index (χ0n) is 5.65. The molecule has 0 spiro atoms. The van der Waals surface area contributed by atoms with Crippen molar-refractivity contribution in [3.05, 3.63) is 30.9 Å². The van der Waals surface area contributed by atoms with Gasteiger partial charge in [-0.15, -0.1) is 0 Å². The lowest BCUT2D eigenvalue weighted by molar-refractivity contribution is 1.07. The molecule has 1 radical (unpaired) electrons. The maximum absolute atomic E-state index is 3.95. The van der Waals surface area contributed by atoms with E-state index in [9.17, 15) is 0 Å². The molecular weight excluding hydrogens is 140 g/mol. The minimum Gasteiger partial charge on any atom is -0.285 e. The van der Waals surface area contributed by atoms with Crippen LogP contribution < -0.4 is 0 Å². The molecule has 0 fully saturated rings. The van der Waals surface area contributed by atoms with E-state index in [1.165, 1.54) is 0 Å². The predicted octanol–water partition coefficient (Wildman–Crippen LogP) is 0.667.